The molecule has 0 saturated heterocycles. The Morgan fingerprint density at radius 2 is 1.92 bits per heavy atom. The van der Waals surface area contributed by atoms with E-state index in [0.717, 1.165) is 5.56 Å². The summed E-state index contributed by atoms with van der Waals surface area (Å²) in [5, 5.41) is 14.6. The minimum absolute atomic E-state index is 0.117. The number of fused-ring (bicyclic) bond motifs is 1. The van der Waals surface area contributed by atoms with Crippen molar-refractivity contribution < 1.29 is 5.11 Å². The number of aryl methyl sites for hydroxylation is 1. The first-order valence-corrected chi connectivity index (χ1v) is 8.83. The molecule has 1 heterocycles. The van der Waals surface area contributed by atoms with E-state index < -0.39 is 0 Å². The average Bonchev–Trinajstić information content (AvgIpc) is 2.58. The van der Waals surface area contributed by atoms with Crippen molar-refractivity contribution in [3.05, 3.63) is 67.1 Å². The van der Waals surface area contributed by atoms with Gasteiger partial charge in [0.15, 0.2) is 0 Å². The number of aromatic hydroxyl groups is 1. The van der Waals surface area contributed by atoms with Crippen LogP contribution < -0.4 is 5.56 Å². The van der Waals surface area contributed by atoms with Crippen molar-refractivity contribution in [1.29, 1.82) is 0 Å². The van der Waals surface area contributed by atoms with Gasteiger partial charge in [-0.25, -0.2) is 4.98 Å². The van der Waals surface area contributed by atoms with E-state index in [2.05, 4.69) is 41.9 Å². The van der Waals surface area contributed by atoms with Crippen molar-refractivity contribution in [2.75, 3.05) is 0 Å². The number of rotatable bonds is 3. The highest BCUT2D eigenvalue weighted by atomic mass is 79.9. The van der Waals surface area contributed by atoms with E-state index in [4.69, 9.17) is 0 Å². The van der Waals surface area contributed by atoms with Gasteiger partial charge in [0.1, 0.15) is 11.6 Å². The van der Waals surface area contributed by atoms with Crippen LogP contribution in [0.25, 0.3) is 10.9 Å². The number of aromatic nitrogens is 2. The normalized spacial score (nSPS) is 11.5. The van der Waals surface area contributed by atoms with Crippen LogP contribution in [0.2, 0.25) is 0 Å². The quantitative estimate of drug-likeness (QED) is 0.611. The molecule has 0 fully saturated rings. The Morgan fingerprint density at radius 1 is 1.25 bits per heavy atom. The maximum absolute atomic E-state index is 12.7. The average molecular weight is 451 g/mol. The second kappa shape index (κ2) is 6.86. The number of nitrogens with zero attached hydrogens (tertiary/aromatic N) is 3. The van der Waals surface area contributed by atoms with E-state index >= 15 is 0 Å². The van der Waals surface area contributed by atoms with Gasteiger partial charge in [0.25, 0.3) is 5.56 Å². The summed E-state index contributed by atoms with van der Waals surface area (Å²) < 4.78 is 2.40. The molecule has 0 saturated carbocycles. The van der Waals surface area contributed by atoms with Crippen LogP contribution >= 0.6 is 31.9 Å². The molecule has 0 bridgehead atoms. The van der Waals surface area contributed by atoms with Gasteiger partial charge in [-0.1, -0.05) is 19.1 Å². The van der Waals surface area contributed by atoms with Gasteiger partial charge >= 0.3 is 0 Å². The summed E-state index contributed by atoms with van der Waals surface area (Å²) in [5.74, 6) is 0.706. The van der Waals surface area contributed by atoms with Crippen LogP contribution in [0.1, 0.15) is 18.3 Å². The van der Waals surface area contributed by atoms with E-state index in [-0.39, 0.29) is 11.3 Å². The van der Waals surface area contributed by atoms with Crippen molar-refractivity contribution >= 4 is 49.0 Å². The summed E-state index contributed by atoms with van der Waals surface area (Å²) >= 11 is 6.55. The lowest BCUT2D eigenvalue weighted by atomic mass is 10.2. The van der Waals surface area contributed by atoms with E-state index in [9.17, 15) is 9.90 Å². The van der Waals surface area contributed by atoms with Gasteiger partial charge in [-0.05, 0) is 61.7 Å². The highest BCUT2D eigenvalue weighted by Crippen LogP contribution is 2.32. The minimum atomic E-state index is -0.203. The molecule has 1 N–H and O–H groups in total. The van der Waals surface area contributed by atoms with Crippen molar-refractivity contribution in [2.24, 2.45) is 5.10 Å². The van der Waals surface area contributed by atoms with Crippen LogP contribution in [0.5, 0.6) is 5.75 Å². The van der Waals surface area contributed by atoms with Crippen LogP contribution in [0, 0.1) is 0 Å². The molecule has 7 heteroatoms. The molecule has 3 aromatic rings. The summed E-state index contributed by atoms with van der Waals surface area (Å²) in [7, 11) is 0. The number of halogens is 2. The smallest absolute Gasteiger partial charge is 0.282 e. The molecule has 24 heavy (non-hydrogen) atoms. The van der Waals surface area contributed by atoms with Crippen LogP contribution in [-0.2, 0) is 6.42 Å². The van der Waals surface area contributed by atoms with Gasteiger partial charge in [-0.2, -0.15) is 9.78 Å². The third-order valence-corrected chi connectivity index (χ3v) is 4.71. The first kappa shape index (κ1) is 16.9. The molecule has 5 nitrogen and oxygen atoms in total. The van der Waals surface area contributed by atoms with Gasteiger partial charge in [0.2, 0.25) is 0 Å². The van der Waals surface area contributed by atoms with E-state index in [1.165, 1.54) is 4.68 Å². The molecular weight excluding hydrogens is 438 g/mol. The third kappa shape index (κ3) is 3.14. The summed E-state index contributed by atoms with van der Waals surface area (Å²) in [6, 6.07) is 10.7. The maximum atomic E-state index is 12.7. The van der Waals surface area contributed by atoms with E-state index in [1.807, 2.05) is 19.1 Å². The summed E-state index contributed by atoms with van der Waals surface area (Å²) in [6.07, 6.45) is 2.15. The molecule has 0 aliphatic rings. The fourth-order valence-electron chi connectivity index (χ4n) is 2.30. The molecule has 2 aromatic carbocycles. The molecule has 0 atom stereocenters. The van der Waals surface area contributed by atoms with Gasteiger partial charge in [0.05, 0.1) is 26.1 Å². The maximum Gasteiger partial charge on any atom is 0.282 e. The zero-order chi connectivity index (χ0) is 17.3. The molecule has 0 aliphatic heterocycles. The van der Waals surface area contributed by atoms with Crippen LogP contribution in [-0.4, -0.2) is 21.0 Å². The number of hydrogen-bond donors (Lipinski definition) is 1. The molecule has 122 valence electrons. The van der Waals surface area contributed by atoms with Crippen LogP contribution in [0.3, 0.4) is 0 Å². The molecule has 0 spiro atoms. The Morgan fingerprint density at radius 3 is 2.58 bits per heavy atom. The minimum Gasteiger partial charge on any atom is -0.506 e. The molecule has 1 aromatic heterocycles. The van der Waals surface area contributed by atoms with Gasteiger partial charge < -0.3 is 5.11 Å². The lowest BCUT2D eigenvalue weighted by Crippen LogP contribution is -2.22. The SMILES string of the molecule is CCc1nc2ccccc2c(=O)n1/N=C/c1cc(Br)c(O)c(Br)c1. The Kier molecular flexibility index (Phi) is 4.82. The van der Waals surface area contributed by atoms with Gasteiger partial charge in [0, 0.05) is 6.42 Å². The molecule has 0 aliphatic carbocycles. The van der Waals surface area contributed by atoms with Crippen LogP contribution in [0.4, 0.5) is 0 Å². The first-order chi connectivity index (χ1) is 11.5. The summed E-state index contributed by atoms with van der Waals surface area (Å²) in [4.78, 5) is 17.2. The Labute approximate surface area is 154 Å². The van der Waals surface area contributed by atoms with Crippen molar-refractivity contribution in [2.45, 2.75) is 13.3 Å². The number of para-hydroxylation sites is 1. The predicted molar refractivity (Wildman–Crippen MR) is 102 cm³/mol. The number of benzene rings is 2. The summed E-state index contributed by atoms with van der Waals surface area (Å²) in [5.41, 5.74) is 1.19. The predicted octanol–water partition coefficient (Wildman–Crippen LogP) is 4.07. The Hall–Kier alpha value is -1.99. The number of phenolic OH excluding ortho intramolecular Hbond substituents is 1. The van der Waals surface area contributed by atoms with Crippen molar-refractivity contribution in [3.8, 4) is 5.75 Å². The number of hydrogen-bond acceptors (Lipinski definition) is 4. The second-order valence-electron chi connectivity index (χ2n) is 5.09. The van der Waals surface area contributed by atoms with Crippen molar-refractivity contribution in [3.63, 3.8) is 0 Å². The largest absolute Gasteiger partial charge is 0.506 e. The standard InChI is InChI=1S/C17H13Br2N3O2/c1-2-15-21-14-6-4-3-5-11(14)17(24)22(15)20-9-10-7-12(18)16(23)13(19)8-10/h3-9,23H,2H2,1H3/b20-9+. The molecule has 3 rings (SSSR count). The fourth-order valence-corrected chi connectivity index (χ4v) is 3.52. The lowest BCUT2D eigenvalue weighted by Gasteiger charge is -2.07. The van der Waals surface area contributed by atoms with E-state index in [1.54, 1.807) is 30.5 Å². The molecule has 0 amide bonds. The summed E-state index contributed by atoms with van der Waals surface area (Å²) in [6.45, 7) is 1.93. The zero-order valence-electron chi connectivity index (χ0n) is 12.7. The van der Waals surface area contributed by atoms with Crippen molar-refractivity contribution in [1.82, 2.24) is 9.66 Å². The van der Waals surface area contributed by atoms with E-state index in [0.29, 0.717) is 32.1 Å². The third-order valence-electron chi connectivity index (χ3n) is 3.50. The Balaban J connectivity index is 2.13. The second-order valence-corrected chi connectivity index (χ2v) is 6.80. The highest BCUT2D eigenvalue weighted by molar-refractivity contribution is 9.11. The lowest BCUT2D eigenvalue weighted by molar-refractivity contribution is 0.468. The fraction of sp³-hybridized carbons (Fsp3) is 0.118. The molecule has 0 unspecified atom stereocenters. The highest BCUT2D eigenvalue weighted by Gasteiger charge is 2.09. The first-order valence-electron chi connectivity index (χ1n) is 7.24. The van der Waals surface area contributed by atoms with Gasteiger partial charge in [-0.3, -0.25) is 4.79 Å². The van der Waals surface area contributed by atoms with Crippen LogP contribution in [0.15, 0.2) is 55.2 Å². The number of phenols is 1. The molecule has 0 radical (unpaired) electrons. The monoisotopic (exact) mass is 449 g/mol. The Bertz CT molecular complexity index is 989. The topological polar surface area (TPSA) is 67.5 Å². The zero-order valence-corrected chi connectivity index (χ0v) is 15.9. The van der Waals surface area contributed by atoms with Gasteiger partial charge in [-0.15, -0.1) is 0 Å². The molecular formula is C17H13Br2N3O2.